The maximum Gasteiger partial charge on any atom is 0.286 e. The van der Waals surface area contributed by atoms with Crippen LogP contribution in [0.3, 0.4) is 0 Å². The van der Waals surface area contributed by atoms with E-state index in [1.54, 1.807) is 0 Å². The van der Waals surface area contributed by atoms with Gasteiger partial charge in [-0.05, 0) is 37.3 Å². The zero-order chi connectivity index (χ0) is 22.8. The Labute approximate surface area is 197 Å². The Balaban J connectivity index is 1.50. The topological polar surface area (TPSA) is 13.7 Å². The molecule has 3 heterocycles. The lowest BCUT2D eigenvalue weighted by molar-refractivity contribution is -0.639. The van der Waals surface area contributed by atoms with Gasteiger partial charge in [0.25, 0.3) is 5.82 Å². The van der Waals surface area contributed by atoms with Crippen molar-refractivity contribution in [3.8, 4) is 11.5 Å². The Bertz CT molecular complexity index is 1830. The fourth-order valence-electron chi connectivity index (χ4n) is 5.49. The Morgan fingerprint density at radius 3 is 1.94 bits per heavy atom. The molecule has 0 aliphatic heterocycles. The van der Waals surface area contributed by atoms with Crippen molar-refractivity contribution in [1.29, 1.82) is 0 Å². The molecule has 0 fully saturated rings. The number of fused-ring (bicyclic) bond motifs is 5. The van der Waals surface area contributed by atoms with E-state index in [0.717, 1.165) is 5.82 Å². The SMILES string of the molecule is Cc1c2ccccc2cn1-c1ccc2ccc(-n3c4ccccc4c4ccccc43)cc2[n+]1C. The van der Waals surface area contributed by atoms with E-state index < -0.39 is 0 Å². The van der Waals surface area contributed by atoms with Crippen LogP contribution in [0.4, 0.5) is 0 Å². The molecule has 0 radical (unpaired) electrons. The third-order valence-corrected chi connectivity index (χ3v) is 7.20. The van der Waals surface area contributed by atoms with Crippen LogP contribution in [0.15, 0.2) is 109 Å². The largest absolute Gasteiger partial charge is 0.309 e. The van der Waals surface area contributed by atoms with Crippen LogP contribution in [-0.4, -0.2) is 9.13 Å². The van der Waals surface area contributed by atoms with E-state index in [4.69, 9.17) is 0 Å². The molecule has 162 valence electrons. The summed E-state index contributed by atoms with van der Waals surface area (Å²) in [6.45, 7) is 2.20. The zero-order valence-electron chi connectivity index (χ0n) is 19.2. The average Bonchev–Trinajstić information content (AvgIpc) is 3.39. The van der Waals surface area contributed by atoms with Crippen LogP contribution in [-0.2, 0) is 7.05 Å². The molecule has 0 N–H and O–H groups in total. The fourth-order valence-corrected chi connectivity index (χ4v) is 5.49. The number of rotatable bonds is 2. The molecule has 0 aliphatic carbocycles. The summed E-state index contributed by atoms with van der Waals surface area (Å²) < 4.78 is 6.99. The van der Waals surface area contributed by atoms with Gasteiger partial charge >= 0.3 is 0 Å². The molecule has 0 amide bonds. The molecule has 0 saturated carbocycles. The van der Waals surface area contributed by atoms with Gasteiger partial charge in [-0.3, -0.25) is 0 Å². The summed E-state index contributed by atoms with van der Waals surface area (Å²) in [5, 5.41) is 6.35. The smallest absolute Gasteiger partial charge is 0.286 e. The van der Waals surface area contributed by atoms with E-state index in [-0.39, 0.29) is 0 Å². The van der Waals surface area contributed by atoms with Gasteiger partial charge in [-0.15, -0.1) is 0 Å². The van der Waals surface area contributed by atoms with Crippen LogP contribution >= 0.6 is 0 Å². The molecule has 0 aliphatic rings. The molecular weight excluding hydrogens is 414 g/mol. The number of aryl methyl sites for hydroxylation is 2. The molecule has 7 aromatic rings. The summed E-state index contributed by atoms with van der Waals surface area (Å²) >= 11 is 0. The summed E-state index contributed by atoms with van der Waals surface area (Å²) in [5.74, 6) is 1.15. The van der Waals surface area contributed by atoms with Crippen molar-refractivity contribution in [3.63, 3.8) is 0 Å². The predicted molar refractivity (Wildman–Crippen MR) is 141 cm³/mol. The van der Waals surface area contributed by atoms with Gasteiger partial charge in [0.1, 0.15) is 17.4 Å². The molecule has 0 spiro atoms. The number of hydrogen-bond donors (Lipinski definition) is 0. The van der Waals surface area contributed by atoms with Crippen LogP contribution in [0, 0.1) is 6.92 Å². The van der Waals surface area contributed by atoms with Gasteiger partial charge in [0, 0.05) is 39.1 Å². The molecule has 3 heteroatoms. The van der Waals surface area contributed by atoms with E-state index >= 15 is 0 Å². The van der Waals surface area contributed by atoms with Crippen molar-refractivity contribution < 1.29 is 4.57 Å². The van der Waals surface area contributed by atoms with Gasteiger partial charge < -0.3 is 4.57 Å². The zero-order valence-corrected chi connectivity index (χ0v) is 19.2. The third-order valence-electron chi connectivity index (χ3n) is 7.20. The average molecular weight is 439 g/mol. The van der Waals surface area contributed by atoms with E-state index in [1.165, 1.54) is 54.9 Å². The van der Waals surface area contributed by atoms with Crippen molar-refractivity contribution in [2.75, 3.05) is 0 Å². The maximum absolute atomic E-state index is 2.38. The van der Waals surface area contributed by atoms with E-state index in [1.807, 2.05) is 0 Å². The van der Waals surface area contributed by atoms with Crippen LogP contribution in [0.2, 0.25) is 0 Å². The molecular formula is C31H24N3+. The van der Waals surface area contributed by atoms with Gasteiger partial charge in [0.15, 0.2) is 0 Å². The van der Waals surface area contributed by atoms with Gasteiger partial charge in [-0.2, -0.15) is 0 Å². The van der Waals surface area contributed by atoms with Gasteiger partial charge in [0.2, 0.25) is 0 Å². The molecule has 3 aromatic heterocycles. The second kappa shape index (κ2) is 7.06. The molecule has 34 heavy (non-hydrogen) atoms. The van der Waals surface area contributed by atoms with Crippen molar-refractivity contribution in [2.24, 2.45) is 7.05 Å². The third kappa shape index (κ3) is 2.61. The van der Waals surface area contributed by atoms with Crippen molar-refractivity contribution in [3.05, 3.63) is 115 Å². The van der Waals surface area contributed by atoms with Gasteiger partial charge in [0.05, 0.1) is 23.8 Å². The Kier molecular flexibility index (Phi) is 3.97. The number of para-hydroxylation sites is 2. The minimum absolute atomic E-state index is 1.15. The van der Waals surface area contributed by atoms with E-state index in [9.17, 15) is 0 Å². The lowest BCUT2D eigenvalue weighted by Gasteiger charge is -2.11. The van der Waals surface area contributed by atoms with Gasteiger partial charge in [-0.25, -0.2) is 9.13 Å². The van der Waals surface area contributed by atoms with E-state index in [0.29, 0.717) is 0 Å². The highest BCUT2D eigenvalue weighted by Gasteiger charge is 2.19. The molecule has 0 atom stereocenters. The first-order valence-corrected chi connectivity index (χ1v) is 11.7. The quantitative estimate of drug-likeness (QED) is 0.258. The predicted octanol–water partition coefficient (Wildman–Crippen LogP) is 7.01. The highest BCUT2D eigenvalue weighted by molar-refractivity contribution is 6.09. The van der Waals surface area contributed by atoms with Crippen LogP contribution < -0.4 is 4.57 Å². The standard InChI is InChI=1S/C31H24N3/c1-21-25-10-4-3-9-23(25)20-33(21)31-18-16-22-15-17-24(19-30(22)32(31)2)34-28-13-7-5-11-26(28)27-12-6-8-14-29(27)34/h3-20H,1-2H3/q+1. The number of benzene rings is 4. The molecule has 0 saturated heterocycles. The summed E-state index contributed by atoms with van der Waals surface area (Å²) in [6.07, 6.45) is 2.24. The summed E-state index contributed by atoms with van der Waals surface area (Å²) in [4.78, 5) is 0. The molecule has 7 rings (SSSR count). The lowest BCUT2D eigenvalue weighted by Crippen LogP contribution is -2.35. The minimum atomic E-state index is 1.15. The Morgan fingerprint density at radius 2 is 1.24 bits per heavy atom. The molecule has 3 nitrogen and oxygen atoms in total. The normalized spacial score (nSPS) is 11.8. The molecule has 0 bridgehead atoms. The second-order valence-corrected chi connectivity index (χ2v) is 9.04. The monoisotopic (exact) mass is 438 g/mol. The van der Waals surface area contributed by atoms with E-state index in [2.05, 4.69) is 137 Å². The Hall–Kier alpha value is -4.37. The first-order valence-electron chi connectivity index (χ1n) is 11.7. The lowest BCUT2D eigenvalue weighted by atomic mass is 10.1. The number of aromatic nitrogens is 3. The summed E-state index contributed by atoms with van der Waals surface area (Å²) in [6, 6.07) is 37.2. The maximum atomic E-state index is 2.38. The molecule has 4 aromatic carbocycles. The van der Waals surface area contributed by atoms with Gasteiger partial charge in [-0.1, -0.05) is 60.7 Å². The number of hydrogen-bond acceptors (Lipinski definition) is 0. The first-order chi connectivity index (χ1) is 16.7. The first kappa shape index (κ1) is 19.1. The van der Waals surface area contributed by atoms with Crippen LogP contribution in [0.5, 0.6) is 0 Å². The minimum Gasteiger partial charge on any atom is -0.309 e. The highest BCUT2D eigenvalue weighted by Crippen LogP contribution is 2.32. The van der Waals surface area contributed by atoms with Crippen LogP contribution in [0.1, 0.15) is 5.69 Å². The second-order valence-electron chi connectivity index (χ2n) is 9.04. The van der Waals surface area contributed by atoms with Crippen LogP contribution in [0.25, 0.3) is 55.0 Å². The Morgan fingerprint density at radius 1 is 0.618 bits per heavy atom. The van der Waals surface area contributed by atoms with Crippen molar-refractivity contribution in [1.82, 2.24) is 9.13 Å². The molecule has 0 unspecified atom stereocenters. The summed E-state index contributed by atoms with van der Waals surface area (Å²) in [7, 11) is 2.16. The highest BCUT2D eigenvalue weighted by atomic mass is 15.1. The number of nitrogens with zero attached hydrogens (tertiary/aromatic N) is 3. The number of pyridine rings is 1. The fraction of sp³-hybridized carbons (Fsp3) is 0.0645. The van der Waals surface area contributed by atoms with Crippen molar-refractivity contribution >= 4 is 43.5 Å². The summed E-state index contributed by atoms with van der Waals surface area (Å²) in [5.41, 5.74) is 6.09. The van der Waals surface area contributed by atoms with Crippen molar-refractivity contribution in [2.45, 2.75) is 6.92 Å².